The van der Waals surface area contributed by atoms with Gasteiger partial charge in [-0.2, -0.15) is 0 Å². The van der Waals surface area contributed by atoms with E-state index in [1.54, 1.807) is 0 Å². The Bertz CT molecular complexity index is 1290. The van der Waals surface area contributed by atoms with Crippen LogP contribution in [0.3, 0.4) is 0 Å². The minimum absolute atomic E-state index is 0.365. The number of hydrogen-bond acceptors (Lipinski definition) is 5. The first-order valence-corrected chi connectivity index (χ1v) is 38.7. The summed E-state index contributed by atoms with van der Waals surface area (Å²) in [5.41, 5.74) is 0. The van der Waals surface area contributed by atoms with Crippen LogP contribution in [0, 0.1) is 0 Å². The second kappa shape index (κ2) is 72.5. The molecule has 4 unspecified atom stereocenters. The van der Waals surface area contributed by atoms with Gasteiger partial charge in [-0.1, -0.05) is 411 Å². The second-order valence-corrected chi connectivity index (χ2v) is 27.1. The molecule has 0 radical (unpaired) electrons. The van der Waals surface area contributed by atoms with Gasteiger partial charge in [0.25, 0.3) is 0 Å². The molecular weight excluding hydrogens is 1030 g/mol. The first-order chi connectivity index (χ1) is 41.5. The molecule has 6 heteroatoms. The van der Waals surface area contributed by atoms with Crippen LogP contribution in [-0.4, -0.2) is 57.3 Å². The fourth-order valence-corrected chi connectivity index (χ4v) is 12.7. The molecule has 0 aliphatic rings. The van der Waals surface area contributed by atoms with Crippen molar-refractivity contribution in [2.45, 2.75) is 462 Å². The summed E-state index contributed by atoms with van der Waals surface area (Å²) in [6.45, 7) is 4.11. The fourth-order valence-electron chi connectivity index (χ4n) is 12.7. The zero-order valence-electron chi connectivity index (χ0n) is 57.2. The third-order valence-corrected chi connectivity index (χ3v) is 18.6. The first-order valence-electron chi connectivity index (χ1n) is 38.7. The lowest BCUT2D eigenvalue weighted by atomic mass is 10.00. The van der Waals surface area contributed by atoms with Crippen molar-refractivity contribution in [2.24, 2.45) is 0 Å². The Labute approximate surface area is 526 Å². The zero-order chi connectivity index (χ0) is 60.8. The van der Waals surface area contributed by atoms with E-state index in [4.69, 9.17) is 0 Å². The average Bonchev–Trinajstić information content (AvgIpc) is 3.55. The van der Waals surface area contributed by atoms with Crippen LogP contribution >= 0.6 is 0 Å². The Morgan fingerprint density at radius 2 is 0.500 bits per heavy atom. The summed E-state index contributed by atoms with van der Waals surface area (Å²) >= 11 is 0. The van der Waals surface area contributed by atoms with Crippen LogP contribution in [0.2, 0.25) is 0 Å². The number of aliphatic hydroxyl groups excluding tert-OH is 4. The number of hydrogen-bond donors (Lipinski definition) is 5. The summed E-state index contributed by atoms with van der Waals surface area (Å²) in [5.74, 6) is -0.588. The molecular formula is C78H153NO5. The lowest BCUT2D eigenvalue weighted by Crippen LogP contribution is -2.53. The summed E-state index contributed by atoms with van der Waals surface area (Å²) in [4.78, 5) is 12.7. The molecule has 0 aromatic carbocycles. The Balaban J connectivity index is 3.53. The van der Waals surface area contributed by atoms with E-state index in [2.05, 4.69) is 43.5 Å². The molecule has 0 aromatic heterocycles. The van der Waals surface area contributed by atoms with E-state index < -0.39 is 36.9 Å². The maximum atomic E-state index is 12.7. The van der Waals surface area contributed by atoms with Gasteiger partial charge in [0.1, 0.15) is 12.2 Å². The number of carbonyl (C=O) groups excluding carboxylic acids is 1. The van der Waals surface area contributed by atoms with Gasteiger partial charge in [0.05, 0.1) is 18.8 Å². The zero-order valence-corrected chi connectivity index (χ0v) is 57.2. The quantitative estimate of drug-likeness (QED) is 0.0308. The van der Waals surface area contributed by atoms with Gasteiger partial charge in [-0.05, 0) is 51.4 Å². The molecule has 0 spiro atoms. The van der Waals surface area contributed by atoms with Crippen molar-refractivity contribution in [3.63, 3.8) is 0 Å². The monoisotopic (exact) mass is 1180 g/mol. The Morgan fingerprint density at radius 1 is 0.286 bits per heavy atom. The van der Waals surface area contributed by atoms with Crippen molar-refractivity contribution in [3.8, 4) is 0 Å². The Hall–Kier alpha value is -1.21. The number of aliphatic hydroxyl groups is 4. The van der Waals surface area contributed by atoms with Crippen molar-refractivity contribution < 1.29 is 25.2 Å². The standard InChI is InChI=1S/C78H153NO5/c1-3-5-7-9-11-13-15-17-19-21-23-25-27-29-31-33-35-37-38-39-40-42-44-46-48-50-52-54-56-58-60-62-64-66-68-70-72-76(82)78(84)79-74(73-80)77(83)75(81)71-69-67-65-63-61-59-57-55-53-51-49-47-45-43-41-36-34-32-30-28-26-24-22-20-18-16-14-12-10-8-6-4-2/h55,57,63,65,74-77,80-83H,3-54,56,58-62,64,66-73H2,1-2H3,(H,79,84)/b57-55+,65-63+. The SMILES string of the molecule is CCCCCCCCCCCCCCCCCCCCCCCCC/C=C/CC/C=C/CCCC(O)C(O)C(CO)NC(=O)C(O)CCCCCCCCCCCCCCCCCCCCCCCCCCCCCCCCCCCCCC. The van der Waals surface area contributed by atoms with Gasteiger partial charge < -0.3 is 25.7 Å². The minimum Gasteiger partial charge on any atom is -0.394 e. The second-order valence-electron chi connectivity index (χ2n) is 27.1. The smallest absolute Gasteiger partial charge is 0.249 e. The highest BCUT2D eigenvalue weighted by atomic mass is 16.3. The van der Waals surface area contributed by atoms with E-state index in [-0.39, 0.29) is 0 Å². The molecule has 0 bridgehead atoms. The highest BCUT2D eigenvalue weighted by Crippen LogP contribution is 2.20. The number of allylic oxidation sites excluding steroid dienone is 4. The normalized spacial score (nSPS) is 13.5. The molecule has 0 rings (SSSR count). The summed E-state index contributed by atoms with van der Waals surface area (Å²) in [6, 6.07) is -1.01. The summed E-state index contributed by atoms with van der Waals surface area (Å²) < 4.78 is 0. The molecule has 0 aliphatic carbocycles. The lowest BCUT2D eigenvalue weighted by molar-refractivity contribution is -0.132. The van der Waals surface area contributed by atoms with Crippen LogP contribution in [0.5, 0.6) is 0 Å². The van der Waals surface area contributed by atoms with Crippen molar-refractivity contribution in [1.82, 2.24) is 5.32 Å². The van der Waals surface area contributed by atoms with Gasteiger partial charge in [-0.15, -0.1) is 0 Å². The molecule has 84 heavy (non-hydrogen) atoms. The highest BCUT2D eigenvalue weighted by Gasteiger charge is 2.28. The van der Waals surface area contributed by atoms with Crippen LogP contribution in [-0.2, 0) is 4.79 Å². The van der Waals surface area contributed by atoms with Crippen molar-refractivity contribution in [3.05, 3.63) is 24.3 Å². The maximum absolute atomic E-state index is 12.7. The number of amides is 1. The van der Waals surface area contributed by atoms with Gasteiger partial charge in [-0.25, -0.2) is 0 Å². The predicted molar refractivity (Wildman–Crippen MR) is 371 cm³/mol. The van der Waals surface area contributed by atoms with Crippen LogP contribution in [0.4, 0.5) is 0 Å². The van der Waals surface area contributed by atoms with Gasteiger partial charge in [0.15, 0.2) is 0 Å². The van der Waals surface area contributed by atoms with Crippen LogP contribution in [0.1, 0.15) is 438 Å². The summed E-state index contributed by atoms with van der Waals surface area (Å²) in [6.07, 6.45) is 93.5. The molecule has 6 nitrogen and oxygen atoms in total. The highest BCUT2D eigenvalue weighted by molar-refractivity contribution is 5.80. The molecule has 0 saturated carbocycles. The third-order valence-electron chi connectivity index (χ3n) is 18.6. The fraction of sp³-hybridized carbons (Fsp3) is 0.936. The van der Waals surface area contributed by atoms with Gasteiger partial charge in [0, 0.05) is 0 Å². The van der Waals surface area contributed by atoms with E-state index >= 15 is 0 Å². The lowest BCUT2D eigenvalue weighted by Gasteiger charge is -2.27. The molecule has 5 N–H and O–H groups in total. The third kappa shape index (κ3) is 65.2. The van der Waals surface area contributed by atoms with Gasteiger partial charge in [-0.3, -0.25) is 4.79 Å². The van der Waals surface area contributed by atoms with E-state index in [1.807, 2.05) is 0 Å². The van der Waals surface area contributed by atoms with E-state index in [9.17, 15) is 25.2 Å². The molecule has 1 amide bonds. The molecule has 4 atom stereocenters. The van der Waals surface area contributed by atoms with Crippen molar-refractivity contribution in [2.75, 3.05) is 6.61 Å². The minimum atomic E-state index is -1.29. The molecule has 500 valence electrons. The average molecular weight is 1190 g/mol. The first kappa shape index (κ1) is 82.8. The van der Waals surface area contributed by atoms with Crippen molar-refractivity contribution >= 4 is 5.91 Å². The Kier molecular flexibility index (Phi) is 71.5. The molecule has 0 aromatic rings. The molecule has 0 aliphatic heterocycles. The number of carbonyl (C=O) groups is 1. The Morgan fingerprint density at radius 3 is 0.750 bits per heavy atom. The predicted octanol–water partition coefficient (Wildman–Crippen LogP) is 24.4. The summed E-state index contributed by atoms with van der Waals surface area (Å²) in [7, 11) is 0. The molecule has 0 fully saturated rings. The molecule has 0 heterocycles. The van der Waals surface area contributed by atoms with Crippen LogP contribution in [0.15, 0.2) is 24.3 Å². The number of unbranched alkanes of at least 4 members (excludes halogenated alkanes) is 60. The largest absolute Gasteiger partial charge is 0.394 e. The van der Waals surface area contributed by atoms with Crippen molar-refractivity contribution in [1.29, 1.82) is 0 Å². The van der Waals surface area contributed by atoms with Gasteiger partial charge in [0.2, 0.25) is 5.91 Å². The van der Waals surface area contributed by atoms with Crippen LogP contribution in [0.25, 0.3) is 0 Å². The van der Waals surface area contributed by atoms with E-state index in [0.717, 1.165) is 38.5 Å². The number of rotatable bonds is 73. The topological polar surface area (TPSA) is 110 Å². The maximum Gasteiger partial charge on any atom is 0.249 e. The molecule has 0 saturated heterocycles. The van der Waals surface area contributed by atoms with E-state index in [1.165, 1.54) is 366 Å². The van der Waals surface area contributed by atoms with Crippen LogP contribution < -0.4 is 5.32 Å². The van der Waals surface area contributed by atoms with Gasteiger partial charge >= 0.3 is 0 Å². The number of nitrogens with one attached hydrogen (secondary N) is 1. The summed E-state index contributed by atoms with van der Waals surface area (Å²) in [5, 5.41) is 44.3. The van der Waals surface area contributed by atoms with E-state index in [0.29, 0.717) is 19.3 Å².